The SMILES string of the molecule is CN1CCC(CNC(=O)C2COCC2N)C1. The molecule has 5 nitrogen and oxygen atoms in total. The van der Waals surface area contributed by atoms with E-state index in [9.17, 15) is 4.79 Å². The molecule has 0 radical (unpaired) electrons. The fourth-order valence-corrected chi connectivity index (χ4v) is 2.41. The predicted octanol–water partition coefficient (Wildman–Crippen LogP) is -0.972. The van der Waals surface area contributed by atoms with Gasteiger partial charge in [-0.15, -0.1) is 0 Å². The third-order valence-electron chi connectivity index (χ3n) is 3.52. The molecule has 0 aliphatic carbocycles. The molecule has 1 amide bonds. The quantitative estimate of drug-likeness (QED) is 0.651. The number of nitrogens with zero attached hydrogens (tertiary/aromatic N) is 1. The Balaban J connectivity index is 1.71. The molecule has 0 aromatic heterocycles. The molecule has 2 saturated heterocycles. The van der Waals surface area contributed by atoms with Crippen molar-refractivity contribution in [3.05, 3.63) is 0 Å². The molecule has 0 aromatic rings. The molecule has 16 heavy (non-hydrogen) atoms. The molecule has 2 heterocycles. The van der Waals surface area contributed by atoms with Crippen molar-refractivity contribution in [3.63, 3.8) is 0 Å². The lowest BCUT2D eigenvalue weighted by atomic mass is 10.0. The maximum absolute atomic E-state index is 11.8. The van der Waals surface area contributed by atoms with E-state index in [1.807, 2.05) is 0 Å². The van der Waals surface area contributed by atoms with Crippen LogP contribution in [0.2, 0.25) is 0 Å². The summed E-state index contributed by atoms with van der Waals surface area (Å²) >= 11 is 0. The number of carbonyl (C=O) groups is 1. The number of rotatable bonds is 3. The maximum atomic E-state index is 11.8. The smallest absolute Gasteiger partial charge is 0.227 e. The Hall–Kier alpha value is -0.650. The fourth-order valence-electron chi connectivity index (χ4n) is 2.41. The molecule has 92 valence electrons. The molecule has 0 aromatic carbocycles. The van der Waals surface area contributed by atoms with Crippen molar-refractivity contribution in [2.75, 3.05) is 39.9 Å². The Morgan fingerprint density at radius 1 is 1.56 bits per heavy atom. The first-order valence-electron chi connectivity index (χ1n) is 5.96. The van der Waals surface area contributed by atoms with E-state index in [0.717, 1.165) is 19.6 Å². The molecule has 2 aliphatic rings. The van der Waals surface area contributed by atoms with E-state index in [-0.39, 0.29) is 17.9 Å². The summed E-state index contributed by atoms with van der Waals surface area (Å²) in [6.45, 7) is 3.95. The number of amides is 1. The first-order chi connectivity index (χ1) is 7.66. The normalized spacial score (nSPS) is 35.5. The van der Waals surface area contributed by atoms with Gasteiger partial charge in [0.2, 0.25) is 5.91 Å². The average molecular weight is 227 g/mol. The zero-order chi connectivity index (χ0) is 11.5. The van der Waals surface area contributed by atoms with Crippen LogP contribution in [0.3, 0.4) is 0 Å². The number of likely N-dealkylation sites (tertiary alicyclic amines) is 1. The van der Waals surface area contributed by atoms with Crippen molar-refractivity contribution in [3.8, 4) is 0 Å². The molecule has 3 N–H and O–H groups in total. The highest BCUT2D eigenvalue weighted by Crippen LogP contribution is 2.15. The minimum atomic E-state index is -0.154. The van der Waals surface area contributed by atoms with Crippen LogP contribution < -0.4 is 11.1 Å². The lowest BCUT2D eigenvalue weighted by Crippen LogP contribution is -2.42. The van der Waals surface area contributed by atoms with Crippen LogP contribution in [-0.2, 0) is 9.53 Å². The van der Waals surface area contributed by atoms with Gasteiger partial charge < -0.3 is 20.7 Å². The Morgan fingerprint density at radius 3 is 2.94 bits per heavy atom. The number of hydrogen-bond acceptors (Lipinski definition) is 4. The van der Waals surface area contributed by atoms with Crippen LogP contribution in [-0.4, -0.2) is 56.7 Å². The highest BCUT2D eigenvalue weighted by Gasteiger charge is 2.31. The fraction of sp³-hybridized carbons (Fsp3) is 0.909. The summed E-state index contributed by atoms with van der Waals surface area (Å²) in [5.41, 5.74) is 5.79. The molecular weight excluding hydrogens is 206 g/mol. The van der Waals surface area contributed by atoms with Crippen molar-refractivity contribution >= 4 is 5.91 Å². The molecule has 2 fully saturated rings. The molecule has 0 saturated carbocycles. The molecule has 3 atom stereocenters. The van der Waals surface area contributed by atoms with Crippen LogP contribution in [0, 0.1) is 11.8 Å². The Labute approximate surface area is 96.3 Å². The van der Waals surface area contributed by atoms with Crippen LogP contribution in [0.1, 0.15) is 6.42 Å². The van der Waals surface area contributed by atoms with E-state index < -0.39 is 0 Å². The van der Waals surface area contributed by atoms with Crippen LogP contribution in [0.4, 0.5) is 0 Å². The largest absolute Gasteiger partial charge is 0.379 e. The van der Waals surface area contributed by atoms with Crippen molar-refractivity contribution in [1.29, 1.82) is 0 Å². The van der Waals surface area contributed by atoms with Crippen molar-refractivity contribution in [1.82, 2.24) is 10.2 Å². The summed E-state index contributed by atoms with van der Waals surface area (Å²) in [5.74, 6) is 0.492. The van der Waals surface area contributed by atoms with Gasteiger partial charge >= 0.3 is 0 Å². The summed E-state index contributed by atoms with van der Waals surface area (Å²) in [6, 6.07) is -0.133. The molecule has 2 rings (SSSR count). The van der Waals surface area contributed by atoms with Gasteiger partial charge in [-0.3, -0.25) is 4.79 Å². The molecule has 5 heteroatoms. The van der Waals surface area contributed by atoms with Crippen LogP contribution in [0.25, 0.3) is 0 Å². The van der Waals surface area contributed by atoms with E-state index >= 15 is 0 Å². The van der Waals surface area contributed by atoms with Crippen LogP contribution in [0.15, 0.2) is 0 Å². The summed E-state index contributed by atoms with van der Waals surface area (Å²) in [7, 11) is 2.11. The summed E-state index contributed by atoms with van der Waals surface area (Å²) in [6.07, 6.45) is 1.17. The monoisotopic (exact) mass is 227 g/mol. The second-order valence-electron chi connectivity index (χ2n) is 4.97. The van der Waals surface area contributed by atoms with Crippen molar-refractivity contribution < 1.29 is 9.53 Å². The minimum Gasteiger partial charge on any atom is -0.379 e. The van der Waals surface area contributed by atoms with E-state index in [1.165, 1.54) is 6.42 Å². The number of nitrogens with two attached hydrogens (primary N) is 1. The first-order valence-corrected chi connectivity index (χ1v) is 5.96. The lowest BCUT2D eigenvalue weighted by molar-refractivity contribution is -0.125. The van der Waals surface area contributed by atoms with Gasteiger partial charge in [0.15, 0.2) is 0 Å². The molecule has 2 aliphatic heterocycles. The molecule has 0 bridgehead atoms. The van der Waals surface area contributed by atoms with Crippen molar-refractivity contribution in [2.24, 2.45) is 17.6 Å². The number of ether oxygens (including phenoxy) is 1. The maximum Gasteiger partial charge on any atom is 0.227 e. The van der Waals surface area contributed by atoms with Gasteiger partial charge in [-0.1, -0.05) is 0 Å². The van der Waals surface area contributed by atoms with E-state index in [2.05, 4.69) is 17.3 Å². The Kier molecular flexibility index (Phi) is 3.78. The van der Waals surface area contributed by atoms with Gasteiger partial charge in [0.05, 0.1) is 19.1 Å². The van der Waals surface area contributed by atoms with Gasteiger partial charge in [0.25, 0.3) is 0 Å². The van der Waals surface area contributed by atoms with Crippen molar-refractivity contribution in [2.45, 2.75) is 12.5 Å². The van der Waals surface area contributed by atoms with E-state index in [1.54, 1.807) is 0 Å². The zero-order valence-corrected chi connectivity index (χ0v) is 9.82. The number of hydrogen-bond donors (Lipinski definition) is 2. The lowest BCUT2D eigenvalue weighted by Gasteiger charge is -2.16. The summed E-state index contributed by atoms with van der Waals surface area (Å²) in [4.78, 5) is 14.1. The zero-order valence-electron chi connectivity index (χ0n) is 9.82. The first kappa shape index (κ1) is 11.8. The van der Waals surface area contributed by atoms with Crippen LogP contribution >= 0.6 is 0 Å². The highest BCUT2D eigenvalue weighted by atomic mass is 16.5. The highest BCUT2D eigenvalue weighted by molar-refractivity contribution is 5.79. The van der Waals surface area contributed by atoms with Gasteiger partial charge in [-0.25, -0.2) is 0 Å². The number of carbonyl (C=O) groups excluding carboxylic acids is 1. The average Bonchev–Trinajstić information content (AvgIpc) is 2.84. The molecule has 0 spiro atoms. The van der Waals surface area contributed by atoms with E-state index in [0.29, 0.717) is 19.1 Å². The van der Waals surface area contributed by atoms with E-state index in [4.69, 9.17) is 10.5 Å². The van der Waals surface area contributed by atoms with Gasteiger partial charge in [0, 0.05) is 19.1 Å². The third kappa shape index (κ3) is 2.72. The Morgan fingerprint density at radius 2 is 2.38 bits per heavy atom. The minimum absolute atomic E-state index is 0.0551. The second kappa shape index (κ2) is 5.12. The predicted molar refractivity (Wildman–Crippen MR) is 60.9 cm³/mol. The Bertz CT molecular complexity index is 260. The standard InChI is InChI=1S/C11H21N3O2/c1-14-3-2-8(5-14)4-13-11(15)9-6-16-7-10(9)12/h8-10H,2-7,12H2,1H3,(H,13,15). The molecular formula is C11H21N3O2. The molecule has 3 unspecified atom stereocenters. The topological polar surface area (TPSA) is 67.6 Å². The second-order valence-corrected chi connectivity index (χ2v) is 4.97. The van der Waals surface area contributed by atoms with Gasteiger partial charge in [-0.05, 0) is 25.9 Å². The third-order valence-corrected chi connectivity index (χ3v) is 3.52. The van der Waals surface area contributed by atoms with Gasteiger partial charge in [0.1, 0.15) is 0 Å². The summed E-state index contributed by atoms with van der Waals surface area (Å²) in [5, 5.41) is 2.99. The van der Waals surface area contributed by atoms with Gasteiger partial charge in [-0.2, -0.15) is 0 Å². The van der Waals surface area contributed by atoms with Crippen LogP contribution in [0.5, 0.6) is 0 Å². The summed E-state index contributed by atoms with van der Waals surface area (Å²) < 4.78 is 5.19. The number of nitrogens with one attached hydrogen (secondary N) is 1.